The van der Waals surface area contributed by atoms with Gasteiger partial charge in [-0.05, 0) is 0 Å². The molecule has 0 spiro atoms. The van der Waals surface area contributed by atoms with E-state index in [2.05, 4.69) is 23.2 Å². The molecule has 0 nitrogen and oxygen atoms in total. The van der Waals surface area contributed by atoms with Crippen molar-refractivity contribution in [3.63, 3.8) is 0 Å². The van der Waals surface area contributed by atoms with Crippen LogP contribution >= 0.6 is 23.2 Å². The first-order valence-electron chi connectivity index (χ1n) is 3.73. The molecule has 2 unspecified atom stereocenters. The van der Waals surface area contributed by atoms with E-state index in [-0.39, 0.29) is 0 Å². The van der Waals surface area contributed by atoms with Crippen LogP contribution in [0.4, 0.5) is 43.9 Å². The van der Waals surface area contributed by atoms with Crippen LogP contribution in [0.1, 0.15) is 0 Å². The Morgan fingerprint density at radius 2 is 1.11 bits per heavy atom. The average molecular weight is 335 g/mol. The van der Waals surface area contributed by atoms with Crippen LogP contribution in [0.5, 0.6) is 0 Å². The van der Waals surface area contributed by atoms with Gasteiger partial charge in [0.25, 0.3) is 6.43 Å². The molecule has 0 radical (unpaired) electrons. The summed E-state index contributed by atoms with van der Waals surface area (Å²) in [5.74, 6) is -12.9. The van der Waals surface area contributed by atoms with Gasteiger partial charge >= 0.3 is 23.1 Å². The first-order chi connectivity index (χ1) is 7.60. The Morgan fingerprint density at radius 1 is 0.778 bits per heavy atom. The molecule has 0 bridgehead atoms. The molecule has 12 heteroatoms. The van der Waals surface area contributed by atoms with Crippen molar-refractivity contribution in [3.8, 4) is 0 Å². The van der Waals surface area contributed by atoms with Crippen molar-refractivity contribution in [2.24, 2.45) is 0 Å². The highest BCUT2D eigenvalue weighted by Crippen LogP contribution is 2.56. The van der Waals surface area contributed by atoms with Gasteiger partial charge in [0, 0.05) is 0 Å². The van der Waals surface area contributed by atoms with Gasteiger partial charge in [-0.15, -0.1) is 11.6 Å². The fourth-order valence-electron chi connectivity index (χ4n) is 0.719. The third-order valence-electron chi connectivity index (χ3n) is 1.74. The van der Waals surface area contributed by atoms with Gasteiger partial charge in [-0.3, -0.25) is 0 Å². The van der Waals surface area contributed by atoms with Gasteiger partial charge in [0.1, 0.15) is 0 Å². The Labute approximate surface area is 103 Å². The van der Waals surface area contributed by atoms with Crippen molar-refractivity contribution in [2.75, 3.05) is 0 Å². The minimum Gasteiger partial charge on any atom is -0.209 e. The van der Waals surface area contributed by atoms with Gasteiger partial charge in [0.2, 0.25) is 0 Å². The van der Waals surface area contributed by atoms with Crippen LogP contribution in [0.2, 0.25) is 0 Å². The Bertz CT molecular complexity index is 295. The number of halogens is 12. The van der Waals surface area contributed by atoms with Crippen LogP contribution in [0, 0.1) is 0 Å². The predicted molar refractivity (Wildman–Crippen MR) is 41.3 cm³/mol. The molecule has 0 heterocycles. The fourth-order valence-corrected chi connectivity index (χ4v) is 0.982. The van der Waals surface area contributed by atoms with E-state index in [0.717, 1.165) is 0 Å². The molecule has 0 N–H and O–H groups in total. The van der Waals surface area contributed by atoms with Gasteiger partial charge in [0.15, 0.2) is 5.38 Å². The summed E-state index contributed by atoms with van der Waals surface area (Å²) in [5, 5.41) is -10.3. The summed E-state index contributed by atoms with van der Waals surface area (Å²) in [6.45, 7) is 0. The third-order valence-corrected chi connectivity index (χ3v) is 2.65. The van der Waals surface area contributed by atoms with Crippen molar-refractivity contribution >= 4 is 23.2 Å². The number of alkyl halides is 12. The largest absolute Gasteiger partial charge is 0.443 e. The second kappa shape index (κ2) is 4.77. The molecule has 2 atom stereocenters. The maximum absolute atomic E-state index is 12.7. The van der Waals surface area contributed by atoms with E-state index in [1.807, 2.05) is 0 Å². The summed E-state index contributed by atoms with van der Waals surface area (Å²) in [5.41, 5.74) is 0. The van der Waals surface area contributed by atoms with Crippen LogP contribution in [0.25, 0.3) is 0 Å². The Hall–Kier alpha value is -0.120. The maximum Gasteiger partial charge on any atom is 0.443 e. The van der Waals surface area contributed by atoms with E-state index in [4.69, 9.17) is 0 Å². The van der Waals surface area contributed by atoms with Crippen molar-refractivity contribution in [2.45, 2.75) is 35.0 Å². The van der Waals surface area contributed by atoms with Gasteiger partial charge in [-0.1, -0.05) is 11.6 Å². The molecule has 110 valence electrons. The molecule has 0 fully saturated rings. The van der Waals surface area contributed by atoms with E-state index < -0.39 is 35.0 Å². The monoisotopic (exact) mass is 334 g/mol. The van der Waals surface area contributed by atoms with E-state index >= 15 is 0 Å². The van der Waals surface area contributed by atoms with Crippen LogP contribution in [0.3, 0.4) is 0 Å². The van der Waals surface area contributed by atoms with Gasteiger partial charge in [0.05, 0.1) is 0 Å². The average Bonchev–Trinajstić information content (AvgIpc) is 2.13. The number of hydrogen-bond acceptors (Lipinski definition) is 0. The van der Waals surface area contributed by atoms with Crippen molar-refractivity contribution in [3.05, 3.63) is 0 Å². The van der Waals surface area contributed by atoms with E-state index in [0.29, 0.717) is 0 Å². The van der Waals surface area contributed by atoms with Crippen LogP contribution in [-0.4, -0.2) is 35.0 Å². The zero-order valence-corrected chi connectivity index (χ0v) is 9.20. The minimum atomic E-state index is -6.69. The molecule has 0 aromatic rings. The molecule has 0 aliphatic heterocycles. The van der Waals surface area contributed by atoms with Gasteiger partial charge in [-0.25, -0.2) is 13.2 Å². The lowest BCUT2D eigenvalue weighted by molar-refractivity contribution is -0.327. The molecule has 18 heavy (non-hydrogen) atoms. The van der Waals surface area contributed by atoms with Crippen molar-refractivity contribution in [1.29, 1.82) is 0 Å². The third kappa shape index (κ3) is 2.59. The molecule has 0 aliphatic rings. The summed E-state index contributed by atoms with van der Waals surface area (Å²) in [7, 11) is 0. The normalized spacial score (nSPS) is 19.8. The summed E-state index contributed by atoms with van der Waals surface area (Å²) in [4.78, 5) is 0. The maximum atomic E-state index is 12.7. The fraction of sp³-hybridized carbons (Fsp3) is 1.00. The van der Waals surface area contributed by atoms with Crippen LogP contribution in [-0.2, 0) is 0 Å². The van der Waals surface area contributed by atoms with E-state index in [1.54, 1.807) is 0 Å². The smallest absolute Gasteiger partial charge is 0.209 e. The molecule has 0 aromatic heterocycles. The van der Waals surface area contributed by atoms with Crippen LogP contribution in [0.15, 0.2) is 0 Å². The minimum absolute atomic E-state index is 3.71. The first-order valence-corrected chi connectivity index (χ1v) is 4.54. The van der Waals surface area contributed by atoms with Gasteiger partial charge in [-0.2, -0.15) is 30.7 Å². The molecular weight excluding hydrogens is 333 g/mol. The SMILES string of the molecule is FC(F)C(Cl)C(F)(F)C(F)(F)C(F)(Cl)C(F)(F)F. The number of rotatable bonds is 4. The highest BCUT2D eigenvalue weighted by atomic mass is 35.5. The predicted octanol–water partition coefficient (Wildman–Crippen LogP) is 4.60. The molecule has 0 aromatic carbocycles. The summed E-state index contributed by atoms with van der Waals surface area (Å²) < 4.78 is 122. The number of hydrogen-bond donors (Lipinski definition) is 0. The van der Waals surface area contributed by atoms with Crippen LogP contribution < -0.4 is 0 Å². The van der Waals surface area contributed by atoms with Crippen molar-refractivity contribution < 1.29 is 43.9 Å². The molecule has 0 amide bonds. The molecular formula is C6H2Cl2F10. The topological polar surface area (TPSA) is 0 Å². The van der Waals surface area contributed by atoms with E-state index in [1.165, 1.54) is 0 Å². The Kier molecular flexibility index (Phi) is 4.74. The first kappa shape index (κ1) is 17.9. The molecule has 0 rings (SSSR count). The molecule has 0 aliphatic carbocycles. The highest BCUT2D eigenvalue weighted by molar-refractivity contribution is 6.25. The Morgan fingerprint density at radius 3 is 1.33 bits per heavy atom. The zero-order chi connectivity index (χ0) is 15.2. The molecule has 0 saturated heterocycles. The summed E-state index contributed by atoms with van der Waals surface area (Å²) in [6.07, 6.45) is -11.0. The lowest BCUT2D eigenvalue weighted by atomic mass is 10.0. The Balaban J connectivity index is 5.64. The van der Waals surface area contributed by atoms with Crippen molar-refractivity contribution in [1.82, 2.24) is 0 Å². The summed E-state index contributed by atoms with van der Waals surface area (Å²) in [6, 6.07) is 0. The standard InChI is InChI=1S/C6H2Cl2F10/c7-1(2(9)10)3(11,12)5(14,15)4(8,13)6(16,17)18/h1-2H. The lowest BCUT2D eigenvalue weighted by Gasteiger charge is -2.36. The summed E-state index contributed by atoms with van der Waals surface area (Å²) >= 11 is 7.89. The molecule has 0 saturated carbocycles. The second-order valence-electron chi connectivity index (χ2n) is 3.01. The lowest BCUT2D eigenvalue weighted by Crippen LogP contribution is -2.63. The van der Waals surface area contributed by atoms with E-state index in [9.17, 15) is 43.9 Å². The van der Waals surface area contributed by atoms with Gasteiger partial charge < -0.3 is 0 Å². The zero-order valence-electron chi connectivity index (χ0n) is 7.69. The quantitative estimate of drug-likeness (QED) is 0.521. The second-order valence-corrected chi connectivity index (χ2v) is 4.00. The highest BCUT2D eigenvalue weighted by Gasteiger charge is 2.81.